The van der Waals surface area contributed by atoms with Gasteiger partial charge in [0.15, 0.2) is 0 Å². The smallest absolute Gasteiger partial charge is 0.0400 e. The Balaban J connectivity index is 0.000000640. The normalized spacial score (nSPS) is 9.12. The summed E-state index contributed by atoms with van der Waals surface area (Å²) in [7, 11) is 0. The van der Waals surface area contributed by atoms with Crippen LogP contribution < -0.4 is 0 Å². The van der Waals surface area contributed by atoms with Gasteiger partial charge in [-0.25, -0.2) is 0 Å². The molecule has 0 amide bonds. The summed E-state index contributed by atoms with van der Waals surface area (Å²) in [6, 6.07) is 5.96. The summed E-state index contributed by atoms with van der Waals surface area (Å²) in [6.07, 6.45) is 2.85. The Morgan fingerprint density at radius 2 is 2.50 bits per heavy atom. The molecule has 1 aromatic heterocycles. The molecule has 1 rings (SSSR count). The zero-order valence-corrected chi connectivity index (χ0v) is 4.96. The molecule has 0 saturated heterocycles. The molecule has 0 atom stereocenters. The van der Waals surface area contributed by atoms with E-state index in [-0.39, 0.29) is 1.43 Å². The summed E-state index contributed by atoms with van der Waals surface area (Å²) in [5.74, 6) is 0. The third-order valence-electron chi connectivity index (χ3n) is 1.09. The molecule has 1 aromatic rings. The van der Waals surface area contributed by atoms with Crippen LogP contribution >= 0.6 is 0 Å². The van der Waals surface area contributed by atoms with Crippen molar-refractivity contribution < 1.29 is 1.43 Å². The van der Waals surface area contributed by atoms with Crippen LogP contribution in [-0.2, 0) is 6.42 Å². The van der Waals surface area contributed by atoms with Crippen LogP contribution in [0.3, 0.4) is 0 Å². The van der Waals surface area contributed by atoms with Gasteiger partial charge >= 0.3 is 0 Å². The Hall–Kier alpha value is -0.850. The zero-order chi connectivity index (χ0) is 5.82. The largest absolute Gasteiger partial charge is 0.261 e. The van der Waals surface area contributed by atoms with Gasteiger partial charge in [-0.2, -0.15) is 0 Å². The third-order valence-corrected chi connectivity index (χ3v) is 1.09. The highest BCUT2D eigenvalue weighted by atomic mass is 14.6. The highest BCUT2D eigenvalue weighted by Gasteiger charge is 1.81. The van der Waals surface area contributed by atoms with Gasteiger partial charge in [0.25, 0.3) is 0 Å². The van der Waals surface area contributed by atoms with E-state index in [0.29, 0.717) is 0 Å². The van der Waals surface area contributed by atoms with Crippen LogP contribution in [0.2, 0.25) is 0 Å². The fraction of sp³-hybridized carbons (Fsp3) is 0.286. The molecule has 0 bridgehead atoms. The molecule has 8 heavy (non-hydrogen) atoms. The van der Waals surface area contributed by atoms with E-state index in [4.69, 9.17) is 0 Å². The van der Waals surface area contributed by atoms with Gasteiger partial charge in [0.05, 0.1) is 0 Å². The van der Waals surface area contributed by atoms with E-state index in [1.54, 1.807) is 0 Å². The molecular weight excluding hydrogens is 98.1 g/mol. The third kappa shape index (κ3) is 1.06. The summed E-state index contributed by atoms with van der Waals surface area (Å²) >= 11 is 0. The predicted molar refractivity (Wildman–Crippen MR) is 35.7 cm³/mol. The molecule has 0 saturated carbocycles. The van der Waals surface area contributed by atoms with Crippen molar-refractivity contribution >= 4 is 0 Å². The molecule has 0 aliphatic carbocycles. The van der Waals surface area contributed by atoms with Crippen molar-refractivity contribution in [3.8, 4) is 0 Å². The summed E-state index contributed by atoms with van der Waals surface area (Å²) in [4.78, 5) is 4.10. The predicted octanol–water partition coefficient (Wildman–Crippen LogP) is 1.89. The van der Waals surface area contributed by atoms with Crippen LogP contribution in [0.1, 0.15) is 14.0 Å². The van der Waals surface area contributed by atoms with Crippen molar-refractivity contribution in [2.45, 2.75) is 13.3 Å². The maximum Gasteiger partial charge on any atom is 0.0400 e. The van der Waals surface area contributed by atoms with E-state index in [0.717, 1.165) is 12.1 Å². The van der Waals surface area contributed by atoms with Gasteiger partial charge in [-0.3, -0.25) is 4.98 Å². The first-order valence-corrected chi connectivity index (χ1v) is 2.83. The van der Waals surface area contributed by atoms with Gasteiger partial charge in [0.2, 0.25) is 0 Å². The van der Waals surface area contributed by atoms with Crippen LogP contribution in [0.15, 0.2) is 24.4 Å². The minimum atomic E-state index is 0. The van der Waals surface area contributed by atoms with Crippen molar-refractivity contribution in [2.24, 2.45) is 0 Å². The van der Waals surface area contributed by atoms with E-state index in [2.05, 4.69) is 11.9 Å². The van der Waals surface area contributed by atoms with E-state index >= 15 is 0 Å². The van der Waals surface area contributed by atoms with Crippen LogP contribution in [0.25, 0.3) is 0 Å². The molecule has 0 radical (unpaired) electrons. The first kappa shape index (κ1) is 5.29. The second-order valence-electron chi connectivity index (χ2n) is 1.67. The number of aromatic nitrogens is 1. The lowest BCUT2D eigenvalue weighted by atomic mass is 10.3. The van der Waals surface area contributed by atoms with E-state index in [1.807, 2.05) is 24.4 Å². The Bertz CT molecular complexity index is 150. The average molecular weight is 109 g/mol. The quantitative estimate of drug-likeness (QED) is 0.536. The molecule has 1 nitrogen and oxygen atoms in total. The topological polar surface area (TPSA) is 12.9 Å². The Labute approximate surface area is 50.9 Å². The lowest BCUT2D eigenvalue weighted by Gasteiger charge is -1.88. The standard InChI is InChI=1S/C7H9N.H2/c1-2-7-5-3-4-6-8-7;/h3-6H,2H2,1H3;1H. The second-order valence-corrected chi connectivity index (χ2v) is 1.67. The van der Waals surface area contributed by atoms with Gasteiger partial charge in [-0.1, -0.05) is 13.0 Å². The molecule has 0 fully saturated rings. The monoisotopic (exact) mass is 109 g/mol. The molecule has 0 N–H and O–H groups in total. The van der Waals surface area contributed by atoms with Crippen molar-refractivity contribution in [1.29, 1.82) is 0 Å². The number of pyridine rings is 1. The Kier molecular flexibility index (Phi) is 1.62. The molecule has 1 heteroatoms. The van der Waals surface area contributed by atoms with Crippen LogP contribution in [0.4, 0.5) is 0 Å². The number of hydrogen-bond acceptors (Lipinski definition) is 1. The number of hydrogen-bond donors (Lipinski definition) is 0. The summed E-state index contributed by atoms with van der Waals surface area (Å²) in [5, 5.41) is 0. The van der Waals surface area contributed by atoms with Crippen LogP contribution in [0, 0.1) is 0 Å². The van der Waals surface area contributed by atoms with Crippen LogP contribution in [-0.4, -0.2) is 4.98 Å². The summed E-state index contributed by atoms with van der Waals surface area (Å²) in [5.41, 5.74) is 1.16. The maximum atomic E-state index is 4.10. The fourth-order valence-electron chi connectivity index (χ4n) is 0.607. The molecule has 0 spiro atoms. The summed E-state index contributed by atoms with van der Waals surface area (Å²) < 4.78 is 0. The average Bonchev–Trinajstić information content (AvgIpc) is 1.90. The highest BCUT2D eigenvalue weighted by Crippen LogP contribution is 1.91. The molecule has 1 heterocycles. The SMILES string of the molecule is CCc1ccccn1.[HH]. The maximum absolute atomic E-state index is 4.10. The van der Waals surface area contributed by atoms with E-state index in [9.17, 15) is 0 Å². The molecule has 44 valence electrons. The number of nitrogens with zero attached hydrogens (tertiary/aromatic N) is 1. The lowest BCUT2D eigenvalue weighted by Crippen LogP contribution is -1.81. The van der Waals surface area contributed by atoms with Gasteiger partial charge in [0, 0.05) is 13.3 Å². The van der Waals surface area contributed by atoms with Gasteiger partial charge in [-0.15, -0.1) is 0 Å². The van der Waals surface area contributed by atoms with Crippen LogP contribution in [0.5, 0.6) is 0 Å². The van der Waals surface area contributed by atoms with E-state index in [1.165, 1.54) is 0 Å². The van der Waals surface area contributed by atoms with Crippen molar-refractivity contribution in [1.82, 2.24) is 4.98 Å². The minimum absolute atomic E-state index is 0. The van der Waals surface area contributed by atoms with Gasteiger partial charge < -0.3 is 0 Å². The number of aryl methyl sites for hydroxylation is 1. The zero-order valence-electron chi connectivity index (χ0n) is 4.96. The molecular formula is C7H11N. The first-order chi connectivity index (χ1) is 3.93. The first-order valence-electron chi connectivity index (χ1n) is 2.83. The van der Waals surface area contributed by atoms with Gasteiger partial charge in [-0.05, 0) is 18.6 Å². The van der Waals surface area contributed by atoms with E-state index < -0.39 is 0 Å². The summed E-state index contributed by atoms with van der Waals surface area (Å²) in [6.45, 7) is 2.10. The minimum Gasteiger partial charge on any atom is -0.261 e. The van der Waals surface area contributed by atoms with Gasteiger partial charge in [0.1, 0.15) is 0 Å². The Morgan fingerprint density at radius 1 is 1.62 bits per heavy atom. The fourth-order valence-corrected chi connectivity index (χ4v) is 0.607. The molecule has 0 aliphatic rings. The number of rotatable bonds is 1. The molecule has 0 aromatic carbocycles. The molecule has 0 aliphatic heterocycles. The van der Waals surface area contributed by atoms with Crippen molar-refractivity contribution in [2.75, 3.05) is 0 Å². The van der Waals surface area contributed by atoms with Crippen molar-refractivity contribution in [3.05, 3.63) is 30.1 Å². The lowest BCUT2D eigenvalue weighted by molar-refractivity contribution is 1.04. The highest BCUT2D eigenvalue weighted by molar-refractivity contribution is 5.02. The second kappa shape index (κ2) is 2.46. The van der Waals surface area contributed by atoms with Crippen molar-refractivity contribution in [3.63, 3.8) is 0 Å². The Morgan fingerprint density at radius 3 is 2.88 bits per heavy atom. The molecule has 0 unspecified atom stereocenters.